The molecule has 0 spiro atoms. The average molecular weight is 264 g/mol. The molecule has 5 nitrogen and oxygen atoms in total. The van der Waals surface area contributed by atoms with Crippen LogP contribution in [0.4, 0.5) is 5.69 Å². The van der Waals surface area contributed by atoms with Gasteiger partial charge < -0.3 is 15.3 Å². The van der Waals surface area contributed by atoms with Gasteiger partial charge in [-0.1, -0.05) is 30.3 Å². The number of methoxy groups -OCH3 is 1. The molecule has 0 fully saturated rings. The van der Waals surface area contributed by atoms with Crippen LogP contribution >= 0.6 is 0 Å². The van der Waals surface area contributed by atoms with Crippen molar-refractivity contribution in [1.29, 1.82) is 0 Å². The fourth-order valence-electron chi connectivity index (χ4n) is 1.61. The van der Waals surface area contributed by atoms with Crippen molar-refractivity contribution < 1.29 is 14.7 Å². The lowest BCUT2D eigenvalue weighted by molar-refractivity contribution is -0.136. The molecule has 0 aliphatic heterocycles. The van der Waals surface area contributed by atoms with Gasteiger partial charge in [0.25, 0.3) is 5.91 Å². The van der Waals surface area contributed by atoms with Gasteiger partial charge in [-0.2, -0.15) is 0 Å². The summed E-state index contributed by atoms with van der Waals surface area (Å²) in [5.74, 6) is -0.226. The first-order valence-electron chi connectivity index (χ1n) is 6.13. The Hall–Kier alpha value is -1.88. The normalized spacial score (nSPS) is 14.8. The van der Waals surface area contributed by atoms with Gasteiger partial charge in [0.05, 0.1) is 11.4 Å². The first-order valence-corrected chi connectivity index (χ1v) is 6.13. The summed E-state index contributed by atoms with van der Waals surface area (Å²) >= 11 is 0. The SMILES string of the molecule is CCC(C)(OC)C(=O)Nc1ccccc1/C(C)=N/O. The second-order valence-electron chi connectivity index (χ2n) is 4.47. The molecular formula is C14H20N2O3. The Balaban J connectivity index is 3.04. The van der Waals surface area contributed by atoms with E-state index in [1.54, 1.807) is 32.0 Å². The zero-order valence-electron chi connectivity index (χ0n) is 11.7. The van der Waals surface area contributed by atoms with E-state index in [4.69, 9.17) is 9.94 Å². The number of hydrogen-bond acceptors (Lipinski definition) is 4. The molecule has 5 heteroatoms. The predicted molar refractivity (Wildman–Crippen MR) is 74.8 cm³/mol. The first-order chi connectivity index (χ1) is 8.98. The second-order valence-corrected chi connectivity index (χ2v) is 4.47. The number of anilines is 1. The molecule has 0 bridgehead atoms. The largest absolute Gasteiger partial charge is 0.411 e. The topological polar surface area (TPSA) is 70.9 Å². The lowest BCUT2D eigenvalue weighted by atomic mass is 10.0. The molecule has 1 rings (SSSR count). The number of hydrogen-bond donors (Lipinski definition) is 2. The number of oxime groups is 1. The van der Waals surface area contributed by atoms with Crippen LogP contribution in [0.15, 0.2) is 29.4 Å². The van der Waals surface area contributed by atoms with Crippen LogP contribution in [-0.4, -0.2) is 29.5 Å². The van der Waals surface area contributed by atoms with E-state index < -0.39 is 5.60 Å². The number of nitrogens with zero attached hydrogens (tertiary/aromatic N) is 1. The third-order valence-electron chi connectivity index (χ3n) is 3.32. The molecule has 104 valence electrons. The number of benzene rings is 1. The second kappa shape index (κ2) is 6.33. The lowest BCUT2D eigenvalue weighted by Crippen LogP contribution is -2.41. The van der Waals surface area contributed by atoms with Crippen molar-refractivity contribution in [3.8, 4) is 0 Å². The summed E-state index contributed by atoms with van der Waals surface area (Å²) in [5, 5.41) is 14.8. The number of carbonyl (C=O) groups excluding carboxylic acids is 1. The monoisotopic (exact) mass is 264 g/mol. The summed E-state index contributed by atoms with van der Waals surface area (Å²) < 4.78 is 5.26. The summed E-state index contributed by atoms with van der Waals surface area (Å²) in [5.41, 5.74) is 0.830. The lowest BCUT2D eigenvalue weighted by Gasteiger charge is -2.25. The summed E-state index contributed by atoms with van der Waals surface area (Å²) in [6.07, 6.45) is 0.560. The molecule has 0 aliphatic rings. The van der Waals surface area contributed by atoms with E-state index in [2.05, 4.69) is 10.5 Å². The fraction of sp³-hybridized carbons (Fsp3) is 0.429. The van der Waals surface area contributed by atoms with Crippen LogP contribution in [-0.2, 0) is 9.53 Å². The summed E-state index contributed by atoms with van der Waals surface area (Å²) in [4.78, 5) is 12.2. The highest BCUT2D eigenvalue weighted by Gasteiger charge is 2.31. The quantitative estimate of drug-likeness (QED) is 0.488. The number of para-hydroxylation sites is 1. The highest BCUT2D eigenvalue weighted by atomic mass is 16.5. The Morgan fingerprint density at radius 1 is 1.47 bits per heavy atom. The van der Waals surface area contributed by atoms with E-state index in [9.17, 15) is 4.79 Å². The Morgan fingerprint density at radius 3 is 2.63 bits per heavy atom. The maximum Gasteiger partial charge on any atom is 0.256 e. The van der Waals surface area contributed by atoms with E-state index in [1.165, 1.54) is 7.11 Å². The maximum atomic E-state index is 12.2. The Kier molecular flexibility index (Phi) is 5.06. The van der Waals surface area contributed by atoms with Gasteiger partial charge in [-0.25, -0.2) is 0 Å². The Labute approximate surface area is 113 Å². The zero-order chi connectivity index (χ0) is 14.5. The van der Waals surface area contributed by atoms with Gasteiger partial charge in [0.2, 0.25) is 0 Å². The first kappa shape index (κ1) is 15.2. The van der Waals surface area contributed by atoms with Crippen LogP contribution in [0, 0.1) is 0 Å². The molecule has 1 amide bonds. The third-order valence-corrected chi connectivity index (χ3v) is 3.32. The van der Waals surface area contributed by atoms with Crippen LogP contribution in [0.1, 0.15) is 32.8 Å². The van der Waals surface area contributed by atoms with Gasteiger partial charge in [-0.05, 0) is 26.3 Å². The zero-order valence-corrected chi connectivity index (χ0v) is 11.7. The van der Waals surface area contributed by atoms with Crippen LogP contribution < -0.4 is 5.32 Å². The Bertz CT molecular complexity index is 479. The van der Waals surface area contributed by atoms with Crippen molar-refractivity contribution in [3.63, 3.8) is 0 Å². The van der Waals surface area contributed by atoms with E-state index in [-0.39, 0.29) is 5.91 Å². The van der Waals surface area contributed by atoms with Crippen LogP contribution in [0.25, 0.3) is 0 Å². The van der Waals surface area contributed by atoms with Gasteiger partial charge in [-0.3, -0.25) is 4.79 Å². The molecular weight excluding hydrogens is 244 g/mol. The van der Waals surface area contributed by atoms with Crippen molar-refractivity contribution >= 4 is 17.3 Å². The molecule has 0 saturated heterocycles. The van der Waals surface area contributed by atoms with Gasteiger partial charge in [0.1, 0.15) is 5.60 Å². The van der Waals surface area contributed by atoms with Crippen LogP contribution in [0.3, 0.4) is 0 Å². The van der Waals surface area contributed by atoms with E-state index >= 15 is 0 Å². The molecule has 1 atom stereocenters. The van der Waals surface area contributed by atoms with Crippen molar-refractivity contribution in [3.05, 3.63) is 29.8 Å². The number of rotatable bonds is 5. The molecule has 0 radical (unpaired) electrons. The highest BCUT2D eigenvalue weighted by molar-refractivity contribution is 6.07. The molecule has 1 unspecified atom stereocenters. The van der Waals surface area contributed by atoms with Crippen molar-refractivity contribution in [1.82, 2.24) is 0 Å². The number of carbonyl (C=O) groups is 1. The highest BCUT2D eigenvalue weighted by Crippen LogP contribution is 2.21. The minimum atomic E-state index is -0.878. The summed E-state index contributed by atoms with van der Waals surface area (Å²) in [6, 6.07) is 7.16. The maximum absolute atomic E-state index is 12.2. The minimum Gasteiger partial charge on any atom is -0.411 e. The molecule has 0 aliphatic carbocycles. The standard InChI is InChI=1S/C14H20N2O3/c1-5-14(3,19-4)13(17)15-12-9-7-6-8-11(12)10(2)16-18/h6-9,18H,5H2,1-4H3,(H,15,17)/b16-10+. The molecule has 1 aromatic carbocycles. The van der Waals surface area contributed by atoms with Crippen LogP contribution in [0.2, 0.25) is 0 Å². The van der Waals surface area contributed by atoms with Gasteiger partial charge >= 0.3 is 0 Å². The molecule has 2 N–H and O–H groups in total. The van der Waals surface area contributed by atoms with Crippen molar-refractivity contribution in [2.45, 2.75) is 32.8 Å². The van der Waals surface area contributed by atoms with Gasteiger partial charge in [-0.15, -0.1) is 0 Å². The average Bonchev–Trinajstić information content (AvgIpc) is 2.46. The van der Waals surface area contributed by atoms with Gasteiger partial charge in [0.15, 0.2) is 0 Å². The van der Waals surface area contributed by atoms with Crippen molar-refractivity contribution in [2.75, 3.05) is 12.4 Å². The molecule has 0 heterocycles. The number of ether oxygens (including phenoxy) is 1. The minimum absolute atomic E-state index is 0.226. The van der Waals surface area contributed by atoms with E-state index in [0.717, 1.165) is 0 Å². The van der Waals surface area contributed by atoms with E-state index in [0.29, 0.717) is 23.4 Å². The van der Waals surface area contributed by atoms with E-state index in [1.807, 2.05) is 13.0 Å². The summed E-state index contributed by atoms with van der Waals surface area (Å²) in [7, 11) is 1.51. The predicted octanol–water partition coefficient (Wildman–Crippen LogP) is 2.64. The van der Waals surface area contributed by atoms with Gasteiger partial charge in [0, 0.05) is 12.7 Å². The fourth-order valence-corrected chi connectivity index (χ4v) is 1.61. The number of amides is 1. The molecule has 0 saturated carbocycles. The molecule has 1 aromatic rings. The third kappa shape index (κ3) is 3.32. The molecule has 19 heavy (non-hydrogen) atoms. The van der Waals surface area contributed by atoms with Crippen LogP contribution in [0.5, 0.6) is 0 Å². The Morgan fingerprint density at radius 2 is 2.11 bits per heavy atom. The van der Waals surface area contributed by atoms with Crippen molar-refractivity contribution in [2.24, 2.45) is 5.16 Å². The number of nitrogens with one attached hydrogen (secondary N) is 1. The molecule has 0 aromatic heterocycles. The smallest absolute Gasteiger partial charge is 0.256 e. The summed E-state index contributed by atoms with van der Waals surface area (Å²) in [6.45, 7) is 5.29.